The van der Waals surface area contributed by atoms with Crippen LogP contribution in [0.15, 0.2) is 11.6 Å². The molecular formula is C9H9FN4S. The topological polar surface area (TPSA) is 50.7 Å². The lowest BCUT2D eigenvalue weighted by Gasteiger charge is -2.05. The van der Waals surface area contributed by atoms with E-state index in [0.29, 0.717) is 16.5 Å². The average Bonchev–Trinajstić information content (AvgIpc) is 2.75. The fourth-order valence-electron chi connectivity index (χ4n) is 1.15. The number of hydrogen-bond acceptors (Lipinski definition) is 5. The van der Waals surface area contributed by atoms with Gasteiger partial charge in [0.15, 0.2) is 22.5 Å². The van der Waals surface area contributed by atoms with Gasteiger partial charge in [-0.1, -0.05) is 0 Å². The molecule has 0 aliphatic carbocycles. The van der Waals surface area contributed by atoms with Gasteiger partial charge >= 0.3 is 0 Å². The molecule has 0 saturated carbocycles. The van der Waals surface area contributed by atoms with Gasteiger partial charge in [-0.15, -0.1) is 11.3 Å². The quantitative estimate of drug-likeness (QED) is 0.848. The highest BCUT2D eigenvalue weighted by Gasteiger charge is 2.12. The van der Waals surface area contributed by atoms with Crippen LogP contribution in [-0.2, 0) is 0 Å². The summed E-state index contributed by atoms with van der Waals surface area (Å²) in [6.07, 6.45) is 1.67. The van der Waals surface area contributed by atoms with Gasteiger partial charge in [-0.05, 0) is 6.92 Å². The average molecular weight is 224 g/mol. The second-order valence-corrected chi connectivity index (χ2v) is 3.78. The fourth-order valence-corrected chi connectivity index (χ4v) is 1.72. The molecule has 0 aromatic carbocycles. The molecule has 78 valence electrons. The van der Waals surface area contributed by atoms with E-state index in [2.05, 4.69) is 20.3 Å². The van der Waals surface area contributed by atoms with Crippen molar-refractivity contribution >= 4 is 17.2 Å². The molecule has 0 amide bonds. The second-order valence-electron chi connectivity index (χ2n) is 2.88. The van der Waals surface area contributed by atoms with Crippen LogP contribution >= 0.6 is 11.3 Å². The van der Waals surface area contributed by atoms with Crippen molar-refractivity contribution < 1.29 is 4.39 Å². The van der Waals surface area contributed by atoms with Gasteiger partial charge in [-0.25, -0.2) is 19.3 Å². The SMILES string of the molecule is CNc1nc(-c2nccs2)nc(C)c1F. The number of aryl methyl sites for hydroxylation is 1. The van der Waals surface area contributed by atoms with E-state index in [-0.39, 0.29) is 5.82 Å². The Morgan fingerprint density at radius 3 is 2.80 bits per heavy atom. The summed E-state index contributed by atoms with van der Waals surface area (Å²) in [7, 11) is 1.62. The van der Waals surface area contributed by atoms with Gasteiger partial charge in [0.25, 0.3) is 0 Å². The molecule has 1 N–H and O–H groups in total. The molecule has 0 atom stereocenters. The van der Waals surface area contributed by atoms with Gasteiger partial charge in [0, 0.05) is 18.6 Å². The maximum atomic E-state index is 13.4. The molecule has 2 aromatic heterocycles. The molecule has 0 radical (unpaired) electrons. The number of anilines is 1. The van der Waals surface area contributed by atoms with Crippen LogP contribution in [0.2, 0.25) is 0 Å². The van der Waals surface area contributed by atoms with Crippen molar-refractivity contribution in [3.63, 3.8) is 0 Å². The Labute approximate surface area is 90.2 Å². The Balaban J connectivity index is 2.55. The van der Waals surface area contributed by atoms with E-state index in [9.17, 15) is 4.39 Å². The second kappa shape index (κ2) is 3.90. The Kier molecular flexibility index (Phi) is 2.59. The van der Waals surface area contributed by atoms with Crippen LogP contribution < -0.4 is 5.32 Å². The highest BCUT2D eigenvalue weighted by atomic mass is 32.1. The van der Waals surface area contributed by atoms with Crippen LogP contribution in [0.4, 0.5) is 10.2 Å². The molecule has 4 nitrogen and oxygen atoms in total. The lowest BCUT2D eigenvalue weighted by molar-refractivity contribution is 0.607. The van der Waals surface area contributed by atoms with Crippen molar-refractivity contribution in [3.05, 3.63) is 23.1 Å². The predicted molar refractivity (Wildman–Crippen MR) is 57.4 cm³/mol. The van der Waals surface area contributed by atoms with Gasteiger partial charge in [0.2, 0.25) is 0 Å². The molecule has 6 heteroatoms. The lowest BCUT2D eigenvalue weighted by Crippen LogP contribution is -2.03. The first-order valence-corrected chi connectivity index (χ1v) is 5.22. The minimum Gasteiger partial charge on any atom is -0.371 e. The van der Waals surface area contributed by atoms with Crippen molar-refractivity contribution in [2.24, 2.45) is 0 Å². The van der Waals surface area contributed by atoms with Crippen molar-refractivity contribution in [2.45, 2.75) is 6.92 Å². The zero-order valence-electron chi connectivity index (χ0n) is 8.28. The molecule has 0 fully saturated rings. The molecule has 0 bridgehead atoms. The fraction of sp³-hybridized carbons (Fsp3) is 0.222. The van der Waals surface area contributed by atoms with E-state index in [1.807, 2.05) is 5.38 Å². The number of nitrogens with one attached hydrogen (secondary N) is 1. The van der Waals surface area contributed by atoms with E-state index in [1.54, 1.807) is 20.2 Å². The number of nitrogens with zero attached hydrogens (tertiary/aromatic N) is 3. The summed E-state index contributed by atoms with van der Waals surface area (Å²) in [6, 6.07) is 0. The van der Waals surface area contributed by atoms with Crippen molar-refractivity contribution in [2.75, 3.05) is 12.4 Å². The molecule has 2 rings (SSSR count). The molecule has 0 aliphatic rings. The molecular weight excluding hydrogens is 215 g/mol. The molecule has 2 aromatic rings. The van der Waals surface area contributed by atoms with Gasteiger partial charge in [-0.3, -0.25) is 0 Å². The van der Waals surface area contributed by atoms with E-state index in [0.717, 1.165) is 0 Å². The predicted octanol–water partition coefficient (Wildman–Crippen LogP) is 2.09. The van der Waals surface area contributed by atoms with Crippen molar-refractivity contribution in [1.29, 1.82) is 0 Å². The molecule has 15 heavy (non-hydrogen) atoms. The minimum atomic E-state index is -0.419. The normalized spacial score (nSPS) is 10.3. The Morgan fingerprint density at radius 2 is 2.20 bits per heavy atom. The van der Waals surface area contributed by atoms with Crippen molar-refractivity contribution in [3.8, 4) is 10.8 Å². The Bertz CT molecular complexity index is 469. The highest BCUT2D eigenvalue weighted by Crippen LogP contribution is 2.21. The summed E-state index contributed by atoms with van der Waals surface area (Å²) in [6.45, 7) is 1.61. The van der Waals surface area contributed by atoms with Gasteiger partial charge in [0.1, 0.15) is 0 Å². The minimum absolute atomic E-state index is 0.202. The highest BCUT2D eigenvalue weighted by molar-refractivity contribution is 7.12. The first-order chi connectivity index (χ1) is 7.22. The molecule has 0 spiro atoms. The van der Waals surface area contributed by atoms with Crippen LogP contribution in [0.25, 0.3) is 10.8 Å². The number of rotatable bonds is 2. The Hall–Kier alpha value is -1.56. The summed E-state index contributed by atoms with van der Waals surface area (Å²) in [5.74, 6) is 0.235. The molecule has 0 unspecified atom stereocenters. The Morgan fingerprint density at radius 1 is 1.40 bits per heavy atom. The van der Waals surface area contributed by atoms with E-state index in [4.69, 9.17) is 0 Å². The number of hydrogen-bond donors (Lipinski definition) is 1. The van der Waals surface area contributed by atoms with Crippen LogP contribution in [0.3, 0.4) is 0 Å². The summed E-state index contributed by atoms with van der Waals surface area (Å²) in [4.78, 5) is 12.2. The molecule has 0 saturated heterocycles. The summed E-state index contributed by atoms with van der Waals surface area (Å²) in [5, 5.41) is 5.21. The van der Waals surface area contributed by atoms with Gasteiger partial charge < -0.3 is 5.32 Å². The van der Waals surface area contributed by atoms with Crippen molar-refractivity contribution in [1.82, 2.24) is 15.0 Å². The van der Waals surface area contributed by atoms with E-state index >= 15 is 0 Å². The summed E-state index contributed by atoms with van der Waals surface area (Å²) < 4.78 is 13.4. The third kappa shape index (κ3) is 1.80. The van der Waals surface area contributed by atoms with Gasteiger partial charge in [-0.2, -0.15) is 0 Å². The number of thiazole rings is 1. The third-order valence-corrected chi connectivity index (χ3v) is 2.65. The summed E-state index contributed by atoms with van der Waals surface area (Å²) in [5.41, 5.74) is 0.319. The zero-order valence-corrected chi connectivity index (χ0v) is 9.10. The molecule has 2 heterocycles. The largest absolute Gasteiger partial charge is 0.371 e. The number of aromatic nitrogens is 3. The maximum Gasteiger partial charge on any atom is 0.191 e. The van der Waals surface area contributed by atoms with Crippen LogP contribution in [0, 0.1) is 12.7 Å². The monoisotopic (exact) mass is 224 g/mol. The maximum absolute atomic E-state index is 13.4. The van der Waals surface area contributed by atoms with Crippen LogP contribution in [-0.4, -0.2) is 22.0 Å². The number of halogens is 1. The van der Waals surface area contributed by atoms with Gasteiger partial charge in [0.05, 0.1) is 5.69 Å². The van der Waals surface area contributed by atoms with Crippen LogP contribution in [0.1, 0.15) is 5.69 Å². The van der Waals surface area contributed by atoms with E-state index in [1.165, 1.54) is 11.3 Å². The van der Waals surface area contributed by atoms with E-state index < -0.39 is 5.82 Å². The first-order valence-electron chi connectivity index (χ1n) is 4.34. The third-order valence-electron chi connectivity index (χ3n) is 1.88. The first kappa shape index (κ1) is 9.97. The summed E-state index contributed by atoms with van der Waals surface area (Å²) >= 11 is 1.42. The standard InChI is InChI=1S/C9H9FN4S/c1-5-6(10)7(11-2)14-8(13-5)9-12-3-4-15-9/h3-4H,1-2H3,(H,11,13,14). The zero-order chi connectivity index (χ0) is 10.8. The van der Waals surface area contributed by atoms with Crippen LogP contribution in [0.5, 0.6) is 0 Å². The molecule has 0 aliphatic heterocycles. The lowest BCUT2D eigenvalue weighted by atomic mass is 10.4. The smallest absolute Gasteiger partial charge is 0.191 e.